The first-order chi connectivity index (χ1) is 11.7. The standard InChI is InChI=1S/C16H17N3O3S2/c17-6-7-22-13(20)5-8-23-9-12-18-15(21)14-10-3-1-2-4-11(10)24-16(14)19-12/h1-5,7-9H2,(H,18,19,21). The number of hydrogen-bond donors (Lipinski definition) is 1. The summed E-state index contributed by atoms with van der Waals surface area (Å²) in [5.74, 6) is 1.36. The van der Waals surface area contributed by atoms with Crippen molar-refractivity contribution in [2.75, 3.05) is 12.4 Å². The Kier molecular flexibility index (Phi) is 5.53. The van der Waals surface area contributed by atoms with Gasteiger partial charge in [0.25, 0.3) is 5.56 Å². The zero-order valence-electron chi connectivity index (χ0n) is 13.1. The van der Waals surface area contributed by atoms with E-state index in [9.17, 15) is 9.59 Å². The number of hydrogen-bond acceptors (Lipinski definition) is 7. The smallest absolute Gasteiger partial charge is 0.307 e. The molecule has 0 unspecified atom stereocenters. The number of aromatic nitrogens is 2. The molecular formula is C16H17N3O3S2. The summed E-state index contributed by atoms with van der Waals surface area (Å²) in [5.41, 5.74) is 1.14. The Balaban J connectivity index is 1.63. The Morgan fingerprint density at radius 3 is 3.08 bits per heavy atom. The van der Waals surface area contributed by atoms with Crippen molar-refractivity contribution in [3.63, 3.8) is 0 Å². The number of thioether (sulfide) groups is 1. The number of carbonyl (C=O) groups excluding carboxylic acids is 1. The molecule has 24 heavy (non-hydrogen) atoms. The lowest BCUT2D eigenvalue weighted by Gasteiger charge is -2.09. The van der Waals surface area contributed by atoms with Crippen LogP contribution in [0, 0.1) is 11.3 Å². The van der Waals surface area contributed by atoms with Gasteiger partial charge in [-0.05, 0) is 31.2 Å². The molecule has 0 aliphatic heterocycles. The van der Waals surface area contributed by atoms with Crippen LogP contribution < -0.4 is 5.56 Å². The molecule has 0 radical (unpaired) electrons. The number of fused-ring (bicyclic) bond motifs is 3. The maximum absolute atomic E-state index is 12.4. The Labute approximate surface area is 147 Å². The number of ether oxygens (including phenoxy) is 1. The van der Waals surface area contributed by atoms with Gasteiger partial charge < -0.3 is 9.72 Å². The first kappa shape index (κ1) is 17.0. The Morgan fingerprint density at radius 1 is 1.42 bits per heavy atom. The second-order valence-corrected chi connectivity index (χ2v) is 7.71. The second-order valence-electron chi connectivity index (χ2n) is 5.53. The average Bonchev–Trinajstić information content (AvgIpc) is 2.95. The largest absolute Gasteiger partial charge is 0.450 e. The molecule has 3 rings (SSSR count). The summed E-state index contributed by atoms with van der Waals surface area (Å²) in [7, 11) is 0. The van der Waals surface area contributed by atoms with E-state index in [4.69, 9.17) is 5.26 Å². The molecule has 0 saturated heterocycles. The summed E-state index contributed by atoms with van der Waals surface area (Å²) in [6.07, 6.45) is 4.58. The van der Waals surface area contributed by atoms with Gasteiger partial charge in [-0.1, -0.05) is 0 Å². The van der Waals surface area contributed by atoms with E-state index in [1.807, 2.05) is 0 Å². The average molecular weight is 363 g/mol. The van der Waals surface area contributed by atoms with Crippen molar-refractivity contribution in [2.45, 2.75) is 37.9 Å². The molecule has 0 fully saturated rings. The number of carbonyl (C=O) groups is 1. The number of nitrogens with one attached hydrogen (secondary N) is 1. The zero-order chi connectivity index (χ0) is 16.9. The number of H-pyrrole nitrogens is 1. The van der Waals surface area contributed by atoms with Crippen LogP contribution in [0.5, 0.6) is 0 Å². The lowest BCUT2D eigenvalue weighted by molar-refractivity contribution is -0.141. The number of aryl methyl sites for hydroxylation is 2. The van der Waals surface area contributed by atoms with Crippen LogP contribution in [0.15, 0.2) is 4.79 Å². The highest BCUT2D eigenvalue weighted by Gasteiger charge is 2.19. The summed E-state index contributed by atoms with van der Waals surface area (Å²) in [4.78, 5) is 33.3. The Morgan fingerprint density at radius 2 is 2.25 bits per heavy atom. The van der Waals surface area contributed by atoms with Gasteiger partial charge in [0, 0.05) is 10.6 Å². The van der Waals surface area contributed by atoms with Crippen molar-refractivity contribution < 1.29 is 9.53 Å². The molecule has 0 atom stereocenters. The van der Waals surface area contributed by atoms with Gasteiger partial charge >= 0.3 is 5.97 Å². The molecule has 2 aromatic rings. The van der Waals surface area contributed by atoms with Crippen molar-refractivity contribution in [1.82, 2.24) is 9.97 Å². The van der Waals surface area contributed by atoms with Crippen molar-refractivity contribution >= 4 is 39.3 Å². The molecule has 0 saturated carbocycles. The molecule has 2 heterocycles. The third-order valence-corrected chi connectivity index (χ3v) is 6.02. The van der Waals surface area contributed by atoms with Crippen LogP contribution in [0.1, 0.15) is 35.5 Å². The normalized spacial score (nSPS) is 13.5. The van der Waals surface area contributed by atoms with Crippen molar-refractivity contribution in [3.05, 3.63) is 26.6 Å². The minimum Gasteiger partial charge on any atom is -0.450 e. The fraction of sp³-hybridized carbons (Fsp3) is 0.500. The van der Waals surface area contributed by atoms with E-state index in [0.717, 1.165) is 29.5 Å². The van der Waals surface area contributed by atoms with Crippen LogP contribution in [0.3, 0.4) is 0 Å². The van der Waals surface area contributed by atoms with E-state index >= 15 is 0 Å². The van der Waals surface area contributed by atoms with E-state index in [2.05, 4.69) is 14.7 Å². The fourth-order valence-electron chi connectivity index (χ4n) is 2.79. The minimum absolute atomic E-state index is 0.0524. The summed E-state index contributed by atoms with van der Waals surface area (Å²) < 4.78 is 4.68. The van der Waals surface area contributed by atoms with E-state index < -0.39 is 0 Å². The topological polar surface area (TPSA) is 95.8 Å². The number of rotatable bonds is 6. The van der Waals surface area contributed by atoms with Gasteiger partial charge in [-0.3, -0.25) is 9.59 Å². The van der Waals surface area contributed by atoms with Gasteiger partial charge in [-0.25, -0.2) is 4.98 Å². The molecule has 1 N–H and O–H groups in total. The SMILES string of the molecule is N#CCOC(=O)CCSCc1nc2sc3c(c2c(=O)[nH]1)CCCC3. The minimum atomic E-state index is -0.383. The van der Waals surface area contributed by atoms with Gasteiger partial charge in [0.15, 0.2) is 6.61 Å². The molecule has 0 aromatic carbocycles. The van der Waals surface area contributed by atoms with E-state index in [-0.39, 0.29) is 24.6 Å². The number of esters is 1. The zero-order valence-corrected chi connectivity index (χ0v) is 14.7. The summed E-state index contributed by atoms with van der Waals surface area (Å²) in [6.45, 7) is -0.210. The van der Waals surface area contributed by atoms with Crippen LogP contribution in [-0.2, 0) is 28.1 Å². The lowest BCUT2D eigenvalue weighted by atomic mass is 9.97. The summed E-state index contributed by atoms with van der Waals surface area (Å²) in [5, 5.41) is 9.10. The van der Waals surface area contributed by atoms with Crippen LogP contribution in [0.25, 0.3) is 10.2 Å². The van der Waals surface area contributed by atoms with Gasteiger partial charge in [0.2, 0.25) is 0 Å². The van der Waals surface area contributed by atoms with Crippen LogP contribution in [0.2, 0.25) is 0 Å². The van der Waals surface area contributed by atoms with Crippen LogP contribution >= 0.6 is 23.1 Å². The van der Waals surface area contributed by atoms with Gasteiger partial charge in [0.1, 0.15) is 16.7 Å². The summed E-state index contributed by atoms with van der Waals surface area (Å²) >= 11 is 3.14. The molecule has 0 spiro atoms. The van der Waals surface area contributed by atoms with E-state index in [1.165, 1.54) is 28.6 Å². The van der Waals surface area contributed by atoms with E-state index in [1.54, 1.807) is 17.4 Å². The molecule has 126 valence electrons. The molecule has 2 aromatic heterocycles. The number of thiophene rings is 1. The number of nitrogens with zero attached hydrogens (tertiary/aromatic N) is 2. The highest BCUT2D eigenvalue weighted by molar-refractivity contribution is 7.98. The number of nitriles is 1. The highest BCUT2D eigenvalue weighted by atomic mass is 32.2. The Bertz CT molecular complexity index is 851. The molecule has 6 nitrogen and oxygen atoms in total. The monoisotopic (exact) mass is 363 g/mol. The predicted octanol–water partition coefficient (Wildman–Crippen LogP) is 2.55. The molecule has 8 heteroatoms. The van der Waals surface area contributed by atoms with Crippen LogP contribution in [-0.4, -0.2) is 28.3 Å². The highest BCUT2D eigenvalue weighted by Crippen LogP contribution is 2.33. The molecule has 0 amide bonds. The maximum Gasteiger partial charge on any atom is 0.307 e. The van der Waals surface area contributed by atoms with Gasteiger partial charge in [-0.2, -0.15) is 17.0 Å². The van der Waals surface area contributed by atoms with Gasteiger partial charge in [-0.15, -0.1) is 11.3 Å². The Hall–Kier alpha value is -1.85. The molecular weight excluding hydrogens is 346 g/mol. The first-order valence-corrected chi connectivity index (χ1v) is 9.80. The fourth-order valence-corrected chi connectivity index (χ4v) is 4.85. The molecule has 1 aliphatic carbocycles. The van der Waals surface area contributed by atoms with Crippen molar-refractivity contribution in [3.8, 4) is 6.07 Å². The van der Waals surface area contributed by atoms with Crippen molar-refractivity contribution in [1.29, 1.82) is 5.26 Å². The quantitative estimate of drug-likeness (QED) is 0.626. The number of aromatic amines is 1. The lowest BCUT2D eigenvalue weighted by Crippen LogP contribution is -2.12. The third kappa shape index (κ3) is 3.79. The third-order valence-electron chi connectivity index (χ3n) is 3.86. The maximum atomic E-state index is 12.4. The predicted molar refractivity (Wildman–Crippen MR) is 94.2 cm³/mol. The van der Waals surface area contributed by atoms with Gasteiger partial charge in [0.05, 0.1) is 17.6 Å². The molecule has 1 aliphatic rings. The van der Waals surface area contributed by atoms with E-state index in [0.29, 0.717) is 17.3 Å². The second kappa shape index (κ2) is 7.81. The van der Waals surface area contributed by atoms with Crippen LogP contribution in [0.4, 0.5) is 0 Å². The molecule has 0 bridgehead atoms. The first-order valence-electron chi connectivity index (χ1n) is 7.83. The van der Waals surface area contributed by atoms with Crippen molar-refractivity contribution in [2.24, 2.45) is 0 Å². The summed E-state index contributed by atoms with van der Waals surface area (Å²) in [6, 6.07) is 1.76.